The average Bonchev–Trinajstić information content (AvgIpc) is 2.72. The van der Waals surface area contributed by atoms with Crippen LogP contribution in [0.4, 0.5) is 33.5 Å². The van der Waals surface area contributed by atoms with Gasteiger partial charge in [0, 0.05) is 31.8 Å². The van der Waals surface area contributed by atoms with Crippen molar-refractivity contribution in [3.63, 3.8) is 0 Å². The standard InChI is InChI=1S/C20H21F5N4O4S/c1-33-8-7-26-19-13(3-5-16(28-19)20(23,24)25)4-6-17(30)27-11-12-9-14(21)18(15(22)10-12)29-34(2,31)32/h3-6,9-10,29H,7-8,11H2,1-2H3,(H,26,28)(H,27,30)/b6-4+. The van der Waals surface area contributed by atoms with Crippen molar-refractivity contribution in [2.45, 2.75) is 12.7 Å². The molecule has 14 heteroatoms. The number of carbonyl (C=O) groups is 1. The monoisotopic (exact) mass is 508 g/mol. The van der Waals surface area contributed by atoms with Crippen molar-refractivity contribution in [2.75, 3.05) is 36.6 Å². The summed E-state index contributed by atoms with van der Waals surface area (Å²) in [5.74, 6) is -3.17. The highest BCUT2D eigenvalue weighted by Gasteiger charge is 2.33. The molecule has 2 rings (SSSR count). The van der Waals surface area contributed by atoms with Gasteiger partial charge in [-0.25, -0.2) is 22.2 Å². The van der Waals surface area contributed by atoms with Gasteiger partial charge in [-0.1, -0.05) is 0 Å². The Hall–Kier alpha value is -3.26. The van der Waals surface area contributed by atoms with E-state index in [9.17, 15) is 35.2 Å². The van der Waals surface area contributed by atoms with Crippen molar-refractivity contribution in [1.82, 2.24) is 10.3 Å². The van der Waals surface area contributed by atoms with Gasteiger partial charge in [0.2, 0.25) is 15.9 Å². The predicted octanol–water partition coefficient (Wildman–Crippen LogP) is 3.14. The van der Waals surface area contributed by atoms with Gasteiger partial charge in [-0.15, -0.1) is 0 Å². The first-order valence-electron chi connectivity index (χ1n) is 9.53. The second-order valence-corrected chi connectivity index (χ2v) is 8.66. The molecule has 34 heavy (non-hydrogen) atoms. The number of methoxy groups -OCH3 is 1. The second-order valence-electron chi connectivity index (χ2n) is 6.91. The van der Waals surface area contributed by atoms with E-state index in [-0.39, 0.29) is 36.6 Å². The van der Waals surface area contributed by atoms with Crippen LogP contribution >= 0.6 is 0 Å². The molecule has 0 bridgehead atoms. The summed E-state index contributed by atoms with van der Waals surface area (Å²) in [7, 11) is -2.49. The Balaban J connectivity index is 2.11. The number of pyridine rings is 1. The summed E-state index contributed by atoms with van der Waals surface area (Å²) in [6, 6.07) is 3.58. The molecule has 0 fully saturated rings. The number of hydrogen-bond acceptors (Lipinski definition) is 6. The lowest BCUT2D eigenvalue weighted by atomic mass is 10.2. The van der Waals surface area contributed by atoms with E-state index < -0.39 is 45.1 Å². The molecule has 0 saturated heterocycles. The van der Waals surface area contributed by atoms with E-state index in [0.29, 0.717) is 0 Å². The molecular formula is C20H21F5N4O4S. The maximum atomic E-state index is 14.0. The Morgan fingerprint density at radius 1 is 1.18 bits per heavy atom. The third kappa shape index (κ3) is 8.26. The SMILES string of the molecule is COCCNc1nc(C(F)(F)F)ccc1/C=C/C(=O)NCc1cc(F)c(NS(C)(=O)=O)c(F)c1. The molecule has 1 aromatic heterocycles. The molecule has 0 radical (unpaired) electrons. The number of hydrogen-bond donors (Lipinski definition) is 3. The van der Waals surface area contributed by atoms with Crippen molar-refractivity contribution >= 4 is 33.5 Å². The predicted molar refractivity (Wildman–Crippen MR) is 115 cm³/mol. The smallest absolute Gasteiger partial charge is 0.383 e. The molecule has 0 aliphatic heterocycles. The van der Waals surface area contributed by atoms with E-state index in [2.05, 4.69) is 15.6 Å². The van der Waals surface area contributed by atoms with Gasteiger partial charge < -0.3 is 15.4 Å². The van der Waals surface area contributed by atoms with Crippen LogP contribution in [0.25, 0.3) is 6.08 Å². The molecule has 1 amide bonds. The van der Waals surface area contributed by atoms with Crippen LogP contribution < -0.4 is 15.4 Å². The number of aromatic nitrogens is 1. The number of amides is 1. The molecular weight excluding hydrogens is 487 g/mol. The van der Waals surface area contributed by atoms with E-state index in [1.54, 1.807) is 4.72 Å². The fourth-order valence-corrected chi connectivity index (χ4v) is 3.17. The van der Waals surface area contributed by atoms with Crippen LogP contribution in [0.5, 0.6) is 0 Å². The summed E-state index contributed by atoms with van der Waals surface area (Å²) in [4.78, 5) is 15.6. The van der Waals surface area contributed by atoms with Crippen LogP contribution in [0.1, 0.15) is 16.8 Å². The molecule has 2 aromatic rings. The number of nitrogens with one attached hydrogen (secondary N) is 3. The zero-order valence-electron chi connectivity index (χ0n) is 18.0. The van der Waals surface area contributed by atoms with Crippen LogP contribution in [0.2, 0.25) is 0 Å². The fraction of sp³-hybridized carbons (Fsp3) is 0.300. The van der Waals surface area contributed by atoms with Gasteiger partial charge in [0.05, 0.1) is 12.9 Å². The third-order valence-corrected chi connectivity index (χ3v) is 4.66. The minimum atomic E-state index is -4.66. The number of rotatable bonds is 10. The number of benzene rings is 1. The first kappa shape index (κ1) is 27.0. The van der Waals surface area contributed by atoms with Crippen molar-refractivity contribution in [1.29, 1.82) is 0 Å². The van der Waals surface area contributed by atoms with Gasteiger partial charge in [0.1, 0.15) is 17.2 Å². The van der Waals surface area contributed by atoms with Crippen LogP contribution in [0.15, 0.2) is 30.3 Å². The Labute approximate surface area is 192 Å². The Morgan fingerprint density at radius 3 is 2.38 bits per heavy atom. The topological polar surface area (TPSA) is 109 Å². The summed E-state index contributed by atoms with van der Waals surface area (Å²) < 4.78 is 95.8. The summed E-state index contributed by atoms with van der Waals surface area (Å²) >= 11 is 0. The van der Waals surface area contributed by atoms with Crippen molar-refractivity contribution < 1.29 is 39.9 Å². The number of anilines is 2. The van der Waals surface area contributed by atoms with Crippen LogP contribution in [0.3, 0.4) is 0 Å². The van der Waals surface area contributed by atoms with E-state index in [1.165, 1.54) is 13.2 Å². The Bertz CT molecular complexity index is 1150. The maximum absolute atomic E-state index is 14.0. The highest BCUT2D eigenvalue weighted by molar-refractivity contribution is 7.92. The first-order chi connectivity index (χ1) is 15.8. The molecule has 0 aliphatic rings. The zero-order valence-corrected chi connectivity index (χ0v) is 18.8. The van der Waals surface area contributed by atoms with E-state index in [1.807, 2.05) is 0 Å². The van der Waals surface area contributed by atoms with Gasteiger partial charge in [0.25, 0.3) is 0 Å². The van der Waals surface area contributed by atoms with E-state index in [4.69, 9.17) is 4.74 Å². The normalized spacial score (nSPS) is 12.1. The highest BCUT2D eigenvalue weighted by atomic mass is 32.2. The number of halogens is 5. The largest absolute Gasteiger partial charge is 0.433 e. The molecule has 3 N–H and O–H groups in total. The van der Waals surface area contributed by atoms with Crippen LogP contribution in [0, 0.1) is 11.6 Å². The lowest BCUT2D eigenvalue weighted by Gasteiger charge is -2.12. The summed E-state index contributed by atoms with van der Waals surface area (Å²) in [5.41, 5.74) is -1.77. The second kappa shape index (κ2) is 11.2. The molecule has 0 atom stereocenters. The average molecular weight is 508 g/mol. The zero-order chi connectivity index (χ0) is 25.5. The molecule has 1 aromatic carbocycles. The number of alkyl halides is 3. The van der Waals surface area contributed by atoms with Crippen molar-refractivity contribution in [3.8, 4) is 0 Å². The Morgan fingerprint density at radius 2 is 1.82 bits per heavy atom. The number of sulfonamides is 1. The number of nitrogens with zero attached hydrogens (tertiary/aromatic N) is 1. The fourth-order valence-electron chi connectivity index (χ4n) is 2.60. The molecule has 186 valence electrons. The van der Waals surface area contributed by atoms with Crippen LogP contribution in [-0.4, -0.2) is 45.8 Å². The number of ether oxygens (including phenoxy) is 1. The van der Waals surface area contributed by atoms with E-state index in [0.717, 1.165) is 36.6 Å². The van der Waals surface area contributed by atoms with Crippen LogP contribution in [-0.2, 0) is 32.3 Å². The van der Waals surface area contributed by atoms with Gasteiger partial charge in [-0.3, -0.25) is 9.52 Å². The Kier molecular flexibility index (Phi) is 8.93. The molecule has 8 nitrogen and oxygen atoms in total. The van der Waals surface area contributed by atoms with Gasteiger partial charge >= 0.3 is 6.18 Å². The van der Waals surface area contributed by atoms with Crippen molar-refractivity contribution in [2.24, 2.45) is 0 Å². The van der Waals surface area contributed by atoms with Gasteiger partial charge in [0.15, 0.2) is 11.6 Å². The summed E-state index contributed by atoms with van der Waals surface area (Å²) in [5, 5.41) is 5.05. The highest BCUT2D eigenvalue weighted by Crippen LogP contribution is 2.30. The molecule has 0 spiro atoms. The van der Waals surface area contributed by atoms with Crippen molar-refractivity contribution in [3.05, 3.63) is 58.8 Å². The number of carbonyl (C=O) groups excluding carboxylic acids is 1. The van der Waals surface area contributed by atoms with Gasteiger partial charge in [-0.05, 0) is 35.9 Å². The lowest BCUT2D eigenvalue weighted by molar-refractivity contribution is -0.141. The molecule has 1 heterocycles. The quantitative estimate of drug-likeness (QED) is 0.259. The molecule has 0 saturated carbocycles. The minimum Gasteiger partial charge on any atom is -0.383 e. The van der Waals surface area contributed by atoms with Gasteiger partial charge in [-0.2, -0.15) is 13.2 Å². The summed E-state index contributed by atoms with van der Waals surface area (Å²) in [6.07, 6.45) is -1.69. The minimum absolute atomic E-state index is 0.00826. The maximum Gasteiger partial charge on any atom is 0.433 e. The third-order valence-electron chi connectivity index (χ3n) is 4.09. The van der Waals surface area contributed by atoms with E-state index >= 15 is 0 Å². The molecule has 0 aliphatic carbocycles. The summed E-state index contributed by atoms with van der Waals surface area (Å²) in [6.45, 7) is 0.0622. The molecule has 0 unspecified atom stereocenters. The first-order valence-corrected chi connectivity index (χ1v) is 11.4. The lowest BCUT2D eigenvalue weighted by Crippen LogP contribution is -2.21.